The molecular formula is C12H12BrN3O2. The largest absolute Gasteiger partial charge is 0.421 e. The fourth-order valence-electron chi connectivity index (χ4n) is 1.46. The molecular weight excluding hydrogens is 298 g/mol. The van der Waals surface area contributed by atoms with Crippen LogP contribution in [0.4, 0.5) is 5.82 Å². The van der Waals surface area contributed by atoms with Gasteiger partial charge in [-0.25, -0.2) is 9.48 Å². The SMILES string of the molecule is CCn1nc(C(=O)Oc2ccccc2Br)cc1N. The van der Waals surface area contributed by atoms with E-state index in [1.54, 1.807) is 18.2 Å². The molecule has 0 fully saturated rings. The summed E-state index contributed by atoms with van der Waals surface area (Å²) >= 11 is 3.30. The Morgan fingerprint density at radius 3 is 2.83 bits per heavy atom. The molecule has 0 radical (unpaired) electrons. The molecule has 5 nitrogen and oxygen atoms in total. The van der Waals surface area contributed by atoms with Crippen molar-refractivity contribution in [3.05, 3.63) is 40.5 Å². The number of anilines is 1. The van der Waals surface area contributed by atoms with E-state index in [4.69, 9.17) is 10.5 Å². The molecule has 0 aliphatic heterocycles. The normalized spacial score (nSPS) is 10.3. The summed E-state index contributed by atoms with van der Waals surface area (Å²) in [6.45, 7) is 2.50. The number of carbonyl (C=O) groups excluding carboxylic acids is 1. The lowest BCUT2D eigenvalue weighted by Crippen LogP contribution is -2.10. The summed E-state index contributed by atoms with van der Waals surface area (Å²) in [5, 5.41) is 4.06. The highest BCUT2D eigenvalue weighted by Gasteiger charge is 2.15. The number of aryl methyl sites for hydroxylation is 1. The van der Waals surface area contributed by atoms with Gasteiger partial charge in [0.15, 0.2) is 5.69 Å². The van der Waals surface area contributed by atoms with Crippen LogP contribution in [0, 0.1) is 0 Å². The van der Waals surface area contributed by atoms with Crippen molar-refractivity contribution in [3.63, 3.8) is 0 Å². The van der Waals surface area contributed by atoms with Gasteiger partial charge in [-0.15, -0.1) is 0 Å². The van der Waals surface area contributed by atoms with Crippen LogP contribution in [0.3, 0.4) is 0 Å². The molecule has 0 spiro atoms. The zero-order chi connectivity index (χ0) is 13.1. The maximum absolute atomic E-state index is 11.9. The van der Waals surface area contributed by atoms with Crippen molar-refractivity contribution >= 4 is 27.7 Å². The molecule has 94 valence electrons. The summed E-state index contributed by atoms with van der Waals surface area (Å²) in [5.41, 5.74) is 5.90. The summed E-state index contributed by atoms with van der Waals surface area (Å²) in [4.78, 5) is 11.9. The standard InChI is InChI=1S/C12H12BrN3O2/c1-2-16-11(14)7-9(15-16)12(17)18-10-6-4-3-5-8(10)13/h3-7H,2,14H2,1H3. The van der Waals surface area contributed by atoms with Crippen LogP contribution < -0.4 is 10.5 Å². The number of nitrogens with zero attached hydrogens (tertiary/aromatic N) is 2. The van der Waals surface area contributed by atoms with Crippen LogP contribution >= 0.6 is 15.9 Å². The number of nitrogen functional groups attached to an aromatic ring is 1. The molecule has 1 aromatic heterocycles. The Labute approximate surface area is 113 Å². The van der Waals surface area contributed by atoms with Crippen molar-refractivity contribution in [2.45, 2.75) is 13.5 Å². The Balaban J connectivity index is 2.19. The van der Waals surface area contributed by atoms with E-state index in [1.165, 1.54) is 10.7 Å². The predicted octanol–water partition coefficient (Wildman–Crippen LogP) is 2.47. The number of halogens is 1. The van der Waals surface area contributed by atoms with Gasteiger partial charge in [-0.05, 0) is 35.0 Å². The Kier molecular flexibility index (Phi) is 3.66. The van der Waals surface area contributed by atoms with Crippen LogP contribution in [0.2, 0.25) is 0 Å². The first-order valence-electron chi connectivity index (χ1n) is 5.42. The second-order valence-corrected chi connectivity index (χ2v) is 4.44. The summed E-state index contributed by atoms with van der Waals surface area (Å²) in [7, 11) is 0. The van der Waals surface area contributed by atoms with E-state index in [2.05, 4.69) is 21.0 Å². The van der Waals surface area contributed by atoms with Crippen LogP contribution in [0.25, 0.3) is 0 Å². The van der Waals surface area contributed by atoms with E-state index in [1.807, 2.05) is 13.0 Å². The first-order chi connectivity index (χ1) is 8.61. The van der Waals surface area contributed by atoms with Crippen LogP contribution in [-0.4, -0.2) is 15.7 Å². The minimum absolute atomic E-state index is 0.199. The molecule has 0 amide bonds. The maximum atomic E-state index is 11.9. The Bertz CT molecular complexity index is 580. The van der Waals surface area contributed by atoms with Crippen LogP contribution in [0.5, 0.6) is 5.75 Å². The molecule has 0 unspecified atom stereocenters. The third kappa shape index (κ3) is 2.53. The Morgan fingerprint density at radius 1 is 1.50 bits per heavy atom. The van der Waals surface area contributed by atoms with Crippen LogP contribution in [0.1, 0.15) is 17.4 Å². The topological polar surface area (TPSA) is 70.1 Å². The minimum Gasteiger partial charge on any atom is -0.421 e. The highest BCUT2D eigenvalue weighted by molar-refractivity contribution is 9.10. The minimum atomic E-state index is -0.527. The molecule has 1 aromatic carbocycles. The number of hydrogen-bond donors (Lipinski definition) is 1. The number of para-hydroxylation sites is 1. The lowest BCUT2D eigenvalue weighted by molar-refractivity contribution is 0.0726. The highest BCUT2D eigenvalue weighted by atomic mass is 79.9. The fraction of sp³-hybridized carbons (Fsp3) is 0.167. The van der Waals surface area contributed by atoms with Crippen molar-refractivity contribution < 1.29 is 9.53 Å². The molecule has 0 saturated heterocycles. The first kappa shape index (κ1) is 12.6. The fourth-order valence-corrected chi connectivity index (χ4v) is 1.83. The number of hydrogen-bond acceptors (Lipinski definition) is 4. The molecule has 2 N–H and O–H groups in total. The van der Waals surface area contributed by atoms with Crippen molar-refractivity contribution in [2.24, 2.45) is 0 Å². The van der Waals surface area contributed by atoms with E-state index >= 15 is 0 Å². The van der Waals surface area contributed by atoms with Gasteiger partial charge >= 0.3 is 5.97 Å². The molecule has 18 heavy (non-hydrogen) atoms. The molecule has 0 aliphatic carbocycles. The molecule has 0 atom stereocenters. The summed E-state index contributed by atoms with van der Waals surface area (Å²) < 4.78 is 7.47. The average molecular weight is 310 g/mol. The predicted molar refractivity (Wildman–Crippen MR) is 71.4 cm³/mol. The van der Waals surface area contributed by atoms with Crippen molar-refractivity contribution in [1.82, 2.24) is 9.78 Å². The second-order valence-electron chi connectivity index (χ2n) is 3.59. The molecule has 1 heterocycles. The van der Waals surface area contributed by atoms with Crippen molar-refractivity contribution in [3.8, 4) is 5.75 Å². The lowest BCUT2D eigenvalue weighted by atomic mass is 10.3. The highest BCUT2D eigenvalue weighted by Crippen LogP contribution is 2.24. The van der Waals surface area contributed by atoms with Crippen LogP contribution in [-0.2, 0) is 6.54 Å². The quantitative estimate of drug-likeness (QED) is 0.698. The number of rotatable bonds is 3. The summed E-state index contributed by atoms with van der Waals surface area (Å²) in [6.07, 6.45) is 0. The molecule has 0 saturated carbocycles. The molecule has 0 aliphatic rings. The second kappa shape index (κ2) is 5.22. The molecule has 0 bridgehead atoms. The van der Waals surface area contributed by atoms with Gasteiger partial charge < -0.3 is 10.5 Å². The summed E-state index contributed by atoms with van der Waals surface area (Å²) in [5.74, 6) is 0.365. The van der Waals surface area contributed by atoms with Crippen molar-refractivity contribution in [2.75, 3.05) is 5.73 Å². The van der Waals surface area contributed by atoms with E-state index in [0.717, 1.165) is 0 Å². The number of benzene rings is 1. The molecule has 2 rings (SSSR count). The van der Waals surface area contributed by atoms with Gasteiger partial charge in [0, 0.05) is 12.6 Å². The average Bonchev–Trinajstić information content (AvgIpc) is 2.73. The monoisotopic (exact) mass is 309 g/mol. The number of aromatic nitrogens is 2. The van der Waals surface area contributed by atoms with E-state index in [0.29, 0.717) is 22.6 Å². The Morgan fingerprint density at radius 2 is 2.22 bits per heavy atom. The van der Waals surface area contributed by atoms with E-state index in [-0.39, 0.29) is 5.69 Å². The van der Waals surface area contributed by atoms with Gasteiger partial charge in [0.1, 0.15) is 11.6 Å². The smallest absolute Gasteiger partial charge is 0.364 e. The zero-order valence-electron chi connectivity index (χ0n) is 9.76. The van der Waals surface area contributed by atoms with E-state index < -0.39 is 5.97 Å². The van der Waals surface area contributed by atoms with E-state index in [9.17, 15) is 4.79 Å². The maximum Gasteiger partial charge on any atom is 0.364 e. The first-order valence-corrected chi connectivity index (χ1v) is 6.21. The number of ether oxygens (including phenoxy) is 1. The van der Waals surface area contributed by atoms with Crippen molar-refractivity contribution in [1.29, 1.82) is 0 Å². The van der Waals surface area contributed by atoms with Gasteiger partial charge in [-0.1, -0.05) is 12.1 Å². The zero-order valence-corrected chi connectivity index (χ0v) is 11.3. The molecule has 2 aromatic rings. The van der Waals surface area contributed by atoms with Gasteiger partial charge in [-0.2, -0.15) is 5.10 Å². The third-order valence-electron chi connectivity index (χ3n) is 2.36. The van der Waals surface area contributed by atoms with Gasteiger partial charge in [-0.3, -0.25) is 0 Å². The summed E-state index contributed by atoms with van der Waals surface area (Å²) in [6, 6.07) is 8.62. The number of carbonyl (C=O) groups is 1. The lowest BCUT2D eigenvalue weighted by Gasteiger charge is -2.03. The van der Waals surface area contributed by atoms with Gasteiger partial charge in [0.2, 0.25) is 0 Å². The number of esters is 1. The molecule has 6 heteroatoms. The van der Waals surface area contributed by atoms with Crippen LogP contribution in [0.15, 0.2) is 34.8 Å². The third-order valence-corrected chi connectivity index (χ3v) is 3.01. The number of nitrogens with two attached hydrogens (primary N) is 1. The van der Waals surface area contributed by atoms with Gasteiger partial charge in [0.05, 0.1) is 4.47 Å². The Hall–Kier alpha value is -1.82. The van der Waals surface area contributed by atoms with Gasteiger partial charge in [0.25, 0.3) is 0 Å².